The number of piperidine rings is 3. The van der Waals surface area contributed by atoms with Crippen molar-refractivity contribution in [2.75, 3.05) is 19.6 Å². The zero-order valence-corrected chi connectivity index (χ0v) is 19.4. The van der Waals surface area contributed by atoms with Crippen LogP contribution >= 0.6 is 11.8 Å². The molecule has 1 unspecified atom stereocenters. The van der Waals surface area contributed by atoms with Gasteiger partial charge in [-0.05, 0) is 72.7 Å². The maximum atomic E-state index is 12.5. The van der Waals surface area contributed by atoms with Crippen LogP contribution in [0.3, 0.4) is 0 Å². The summed E-state index contributed by atoms with van der Waals surface area (Å²) < 4.78 is 5.85. The zero-order chi connectivity index (χ0) is 21.8. The molecule has 3 aromatic carbocycles. The van der Waals surface area contributed by atoms with Crippen LogP contribution in [0.4, 0.5) is 0 Å². The fourth-order valence-corrected chi connectivity index (χ4v) is 6.21. The molecule has 3 heterocycles. The molecule has 3 aliphatic rings. The molecule has 1 atom stereocenters. The van der Waals surface area contributed by atoms with Gasteiger partial charge in [0.25, 0.3) is 0 Å². The molecule has 32 heavy (non-hydrogen) atoms. The quantitative estimate of drug-likeness (QED) is 0.310. The predicted molar refractivity (Wildman–Crippen MR) is 132 cm³/mol. The number of rotatable bonds is 8. The molecular weight excluding hydrogens is 414 g/mol. The summed E-state index contributed by atoms with van der Waals surface area (Å²) in [6.07, 6.45) is 4.73. The number of aryl methyl sites for hydroxylation is 1. The number of fused-ring (bicyclic) bond motifs is 4. The van der Waals surface area contributed by atoms with Gasteiger partial charge in [-0.15, -0.1) is 11.8 Å². The molecule has 0 radical (unpaired) electrons. The van der Waals surface area contributed by atoms with Crippen molar-refractivity contribution in [1.82, 2.24) is 4.90 Å². The first kappa shape index (κ1) is 21.5. The van der Waals surface area contributed by atoms with Crippen LogP contribution in [0, 0.1) is 5.92 Å². The van der Waals surface area contributed by atoms with Crippen molar-refractivity contribution in [2.45, 2.75) is 48.9 Å². The molecule has 3 fully saturated rings. The van der Waals surface area contributed by atoms with E-state index >= 15 is 0 Å². The van der Waals surface area contributed by atoms with Crippen LogP contribution in [0.2, 0.25) is 0 Å². The summed E-state index contributed by atoms with van der Waals surface area (Å²) in [6.45, 7) is 3.28. The molecule has 3 aromatic rings. The number of thioether (sulfide) groups is 1. The summed E-state index contributed by atoms with van der Waals surface area (Å²) >= 11 is 1.89. The fraction of sp³-hybridized carbons (Fsp3) is 0.393. The lowest BCUT2D eigenvalue weighted by molar-refractivity contribution is -0.158. The maximum Gasteiger partial charge on any atom is 0.306 e. The topological polar surface area (TPSA) is 29.5 Å². The average Bonchev–Trinajstić information content (AvgIpc) is 2.84. The number of nitrogens with zero attached hydrogens (tertiary/aromatic N) is 1. The molecule has 0 aliphatic carbocycles. The van der Waals surface area contributed by atoms with Crippen LogP contribution in [0.5, 0.6) is 0 Å². The first-order chi connectivity index (χ1) is 15.8. The van der Waals surface area contributed by atoms with Crippen LogP contribution in [0.25, 0.3) is 10.8 Å². The molecule has 2 bridgehead atoms. The molecule has 0 spiro atoms. The van der Waals surface area contributed by atoms with E-state index in [9.17, 15) is 4.79 Å². The minimum Gasteiger partial charge on any atom is -0.461 e. The molecule has 4 heteroatoms. The van der Waals surface area contributed by atoms with E-state index in [0.717, 1.165) is 25.1 Å². The first-order valence-corrected chi connectivity index (χ1v) is 12.8. The number of benzene rings is 3. The Morgan fingerprint density at radius 1 is 0.938 bits per heavy atom. The van der Waals surface area contributed by atoms with Crippen LogP contribution in [0.15, 0.2) is 71.6 Å². The summed E-state index contributed by atoms with van der Waals surface area (Å²) in [7, 11) is 0. The highest BCUT2D eigenvalue weighted by molar-refractivity contribution is 7.98. The van der Waals surface area contributed by atoms with Gasteiger partial charge in [0.2, 0.25) is 0 Å². The Balaban J connectivity index is 1.15. The Kier molecular flexibility index (Phi) is 6.80. The largest absolute Gasteiger partial charge is 0.461 e. The lowest BCUT2D eigenvalue weighted by Gasteiger charge is -2.43. The van der Waals surface area contributed by atoms with Gasteiger partial charge >= 0.3 is 5.97 Å². The number of carbonyl (C=O) groups excluding carboxylic acids is 1. The van der Waals surface area contributed by atoms with Crippen molar-refractivity contribution in [3.8, 4) is 0 Å². The van der Waals surface area contributed by atoms with Crippen LogP contribution < -0.4 is 0 Å². The predicted octanol–water partition coefficient (Wildman–Crippen LogP) is 6.09. The third kappa shape index (κ3) is 5.02. The highest BCUT2D eigenvalue weighted by atomic mass is 32.2. The molecule has 6 rings (SSSR count). The van der Waals surface area contributed by atoms with E-state index in [1.807, 2.05) is 11.8 Å². The van der Waals surface area contributed by atoms with Gasteiger partial charge in [0, 0.05) is 23.6 Å². The average molecular weight is 446 g/mol. The van der Waals surface area contributed by atoms with Crippen molar-refractivity contribution in [3.05, 3.63) is 77.9 Å². The van der Waals surface area contributed by atoms with Gasteiger partial charge in [-0.1, -0.05) is 60.7 Å². The Morgan fingerprint density at radius 2 is 1.69 bits per heavy atom. The zero-order valence-electron chi connectivity index (χ0n) is 18.5. The summed E-state index contributed by atoms with van der Waals surface area (Å²) in [6, 6.07) is 23.7. The first-order valence-electron chi connectivity index (χ1n) is 11.9. The minimum absolute atomic E-state index is 0.0235. The molecule has 3 saturated heterocycles. The van der Waals surface area contributed by atoms with Gasteiger partial charge in [0.1, 0.15) is 6.10 Å². The number of hydrogen-bond donors (Lipinski definition) is 0. The number of esters is 1. The Bertz CT molecular complexity index is 1070. The number of ether oxygens (including phenoxy) is 1. The molecule has 3 nitrogen and oxygen atoms in total. The summed E-state index contributed by atoms with van der Waals surface area (Å²) in [4.78, 5) is 16.2. The third-order valence-corrected chi connectivity index (χ3v) is 8.11. The number of hydrogen-bond acceptors (Lipinski definition) is 4. The van der Waals surface area contributed by atoms with Gasteiger partial charge in [0.15, 0.2) is 0 Å². The van der Waals surface area contributed by atoms with Gasteiger partial charge in [-0.3, -0.25) is 9.69 Å². The van der Waals surface area contributed by atoms with Crippen LogP contribution in [-0.4, -0.2) is 36.6 Å². The van der Waals surface area contributed by atoms with E-state index in [1.54, 1.807) is 0 Å². The number of carbonyl (C=O) groups is 1. The summed E-state index contributed by atoms with van der Waals surface area (Å²) in [5, 5.41) is 2.62. The van der Waals surface area contributed by atoms with E-state index < -0.39 is 0 Å². The Labute approximate surface area is 195 Å². The van der Waals surface area contributed by atoms with Gasteiger partial charge in [-0.2, -0.15) is 0 Å². The van der Waals surface area contributed by atoms with Crippen molar-refractivity contribution in [1.29, 1.82) is 0 Å². The minimum atomic E-state index is -0.0235. The monoisotopic (exact) mass is 445 g/mol. The second-order valence-electron chi connectivity index (χ2n) is 9.05. The standard InChI is InChI=1S/C28H31NO2S/c30-28(31-26-19-29-17-15-22(26)16-18-29)14-6-10-23-8-2-4-13-27(23)32-20-24-11-5-9-21-7-1-3-12-25(21)24/h1-5,7-9,11-13,22,26H,6,10,14-20H2. The molecule has 0 N–H and O–H groups in total. The van der Waals surface area contributed by atoms with Crippen LogP contribution in [0.1, 0.15) is 36.8 Å². The molecule has 3 aliphatic heterocycles. The second-order valence-corrected chi connectivity index (χ2v) is 10.1. The molecule has 0 amide bonds. The van der Waals surface area contributed by atoms with Crippen molar-refractivity contribution in [3.63, 3.8) is 0 Å². The Hall–Kier alpha value is -2.30. The van der Waals surface area contributed by atoms with Gasteiger partial charge in [-0.25, -0.2) is 0 Å². The highest BCUT2D eigenvalue weighted by Gasteiger charge is 2.36. The summed E-state index contributed by atoms with van der Waals surface area (Å²) in [5.41, 5.74) is 2.69. The van der Waals surface area contributed by atoms with Crippen LogP contribution in [-0.2, 0) is 21.7 Å². The van der Waals surface area contributed by atoms with E-state index in [-0.39, 0.29) is 12.1 Å². The highest BCUT2D eigenvalue weighted by Crippen LogP contribution is 2.31. The second kappa shape index (κ2) is 10.1. The third-order valence-electron chi connectivity index (χ3n) is 6.94. The van der Waals surface area contributed by atoms with Crippen molar-refractivity contribution in [2.24, 2.45) is 5.92 Å². The normalized spacial score (nSPS) is 22.2. The molecule has 0 aromatic heterocycles. The van der Waals surface area contributed by atoms with Crippen molar-refractivity contribution < 1.29 is 9.53 Å². The smallest absolute Gasteiger partial charge is 0.306 e. The van der Waals surface area contributed by atoms with Gasteiger partial charge in [0.05, 0.1) is 0 Å². The van der Waals surface area contributed by atoms with E-state index in [4.69, 9.17) is 4.74 Å². The van der Waals surface area contributed by atoms with E-state index in [0.29, 0.717) is 12.3 Å². The van der Waals surface area contributed by atoms with E-state index in [1.165, 1.54) is 52.7 Å². The lowest BCUT2D eigenvalue weighted by atomic mass is 9.86. The van der Waals surface area contributed by atoms with Gasteiger partial charge < -0.3 is 4.74 Å². The molecular formula is C28H31NO2S. The summed E-state index contributed by atoms with van der Waals surface area (Å²) in [5.74, 6) is 1.50. The Morgan fingerprint density at radius 3 is 2.53 bits per heavy atom. The molecule has 166 valence electrons. The molecule has 0 saturated carbocycles. The lowest BCUT2D eigenvalue weighted by Crippen LogP contribution is -2.51. The fourth-order valence-electron chi connectivity index (χ4n) is 5.12. The SMILES string of the molecule is O=C(CCCc1ccccc1SCc1cccc2ccccc12)OC1CN2CCC1CC2. The van der Waals surface area contributed by atoms with Crippen molar-refractivity contribution >= 4 is 28.5 Å². The maximum absolute atomic E-state index is 12.5. The van der Waals surface area contributed by atoms with E-state index in [2.05, 4.69) is 71.6 Å².